The highest BCUT2D eigenvalue weighted by Gasteiger charge is 2.21. The van der Waals surface area contributed by atoms with Crippen molar-refractivity contribution in [3.8, 4) is 0 Å². The third kappa shape index (κ3) is 4.76. The quantitative estimate of drug-likeness (QED) is 0.711. The summed E-state index contributed by atoms with van der Waals surface area (Å²) in [6, 6.07) is 1.01. The molecule has 0 aliphatic carbocycles. The molecule has 1 aromatic rings. The van der Waals surface area contributed by atoms with E-state index in [9.17, 15) is 0 Å². The van der Waals surface area contributed by atoms with E-state index in [1.165, 1.54) is 0 Å². The number of anilines is 1. The number of hydrogen-bond acceptors (Lipinski definition) is 6. The molecule has 0 saturated carbocycles. The molecule has 6 nitrogen and oxygen atoms in total. The van der Waals surface area contributed by atoms with Gasteiger partial charge in [-0.1, -0.05) is 18.9 Å². The van der Waals surface area contributed by atoms with Gasteiger partial charge < -0.3 is 19.4 Å². The highest BCUT2D eigenvalue weighted by Crippen LogP contribution is 2.20. The van der Waals surface area contributed by atoms with Gasteiger partial charge >= 0.3 is 6.01 Å². The average Bonchev–Trinajstić information content (AvgIpc) is 2.94. The minimum absolute atomic E-state index is 0.0809. The lowest BCUT2D eigenvalue weighted by molar-refractivity contribution is 0.201. The normalized spacial score (nSPS) is 14.2. The summed E-state index contributed by atoms with van der Waals surface area (Å²) in [6.07, 6.45) is 2.10. The molecule has 0 fully saturated rings. The predicted molar refractivity (Wildman–Crippen MR) is 80.0 cm³/mol. The maximum absolute atomic E-state index is 5.81. The number of rotatable bonds is 10. The minimum atomic E-state index is 0.0809. The van der Waals surface area contributed by atoms with Crippen molar-refractivity contribution in [3.05, 3.63) is 5.89 Å². The molecule has 0 saturated heterocycles. The Morgan fingerprint density at radius 2 is 2.05 bits per heavy atom. The minimum Gasteiger partial charge on any atom is -0.406 e. The van der Waals surface area contributed by atoms with Gasteiger partial charge in [0, 0.05) is 19.7 Å². The van der Waals surface area contributed by atoms with Gasteiger partial charge in [0.2, 0.25) is 5.89 Å². The van der Waals surface area contributed by atoms with E-state index in [4.69, 9.17) is 9.15 Å². The lowest BCUT2D eigenvalue weighted by atomic mass is 10.2. The van der Waals surface area contributed by atoms with Crippen molar-refractivity contribution in [1.82, 2.24) is 15.5 Å². The number of nitrogens with one attached hydrogen (secondary N) is 1. The van der Waals surface area contributed by atoms with Crippen molar-refractivity contribution >= 4 is 6.01 Å². The van der Waals surface area contributed by atoms with E-state index in [-0.39, 0.29) is 6.04 Å². The SMILES string of the molecule is CCCNC(C)c1nnc(N(CCOC)C(C)CC)o1. The molecule has 0 aliphatic rings. The van der Waals surface area contributed by atoms with E-state index in [0.29, 0.717) is 24.6 Å². The highest BCUT2D eigenvalue weighted by molar-refractivity contribution is 5.26. The second-order valence-electron chi connectivity index (χ2n) is 5.04. The molecule has 0 bridgehead atoms. The summed E-state index contributed by atoms with van der Waals surface area (Å²) in [4.78, 5) is 2.10. The van der Waals surface area contributed by atoms with Gasteiger partial charge in [-0.3, -0.25) is 0 Å². The zero-order valence-electron chi connectivity index (χ0n) is 13.3. The monoisotopic (exact) mass is 284 g/mol. The van der Waals surface area contributed by atoms with Crippen molar-refractivity contribution < 1.29 is 9.15 Å². The van der Waals surface area contributed by atoms with Crippen molar-refractivity contribution in [2.24, 2.45) is 0 Å². The molecule has 0 amide bonds. The molecular formula is C14H28N4O2. The van der Waals surface area contributed by atoms with E-state index >= 15 is 0 Å². The Morgan fingerprint density at radius 3 is 2.65 bits per heavy atom. The smallest absolute Gasteiger partial charge is 0.318 e. The van der Waals surface area contributed by atoms with Gasteiger partial charge in [0.25, 0.3) is 0 Å². The largest absolute Gasteiger partial charge is 0.406 e. The first-order valence-corrected chi connectivity index (χ1v) is 7.46. The van der Waals surface area contributed by atoms with Crippen molar-refractivity contribution in [3.63, 3.8) is 0 Å². The van der Waals surface area contributed by atoms with Gasteiger partial charge in [0.1, 0.15) is 0 Å². The topological polar surface area (TPSA) is 63.4 Å². The van der Waals surface area contributed by atoms with Gasteiger partial charge in [-0.15, -0.1) is 5.10 Å². The summed E-state index contributed by atoms with van der Waals surface area (Å²) < 4.78 is 11.0. The molecule has 2 atom stereocenters. The van der Waals surface area contributed by atoms with Gasteiger partial charge in [0.05, 0.1) is 12.6 Å². The molecule has 116 valence electrons. The summed E-state index contributed by atoms with van der Waals surface area (Å²) in [5, 5.41) is 11.7. The number of nitrogens with zero attached hydrogens (tertiary/aromatic N) is 3. The summed E-state index contributed by atoms with van der Waals surface area (Å²) >= 11 is 0. The summed E-state index contributed by atoms with van der Waals surface area (Å²) in [5.74, 6) is 0.638. The van der Waals surface area contributed by atoms with E-state index < -0.39 is 0 Å². The number of ether oxygens (including phenoxy) is 1. The molecule has 20 heavy (non-hydrogen) atoms. The first kappa shape index (κ1) is 16.9. The zero-order chi connectivity index (χ0) is 15.0. The van der Waals surface area contributed by atoms with Crippen LogP contribution in [0.5, 0.6) is 0 Å². The fourth-order valence-corrected chi connectivity index (χ4v) is 1.88. The molecule has 0 aromatic carbocycles. The number of hydrogen-bond donors (Lipinski definition) is 1. The first-order chi connectivity index (χ1) is 9.63. The standard InChI is InChI=1S/C14H28N4O2/c1-6-8-15-12(4)13-16-17-14(20-13)18(9-10-19-5)11(3)7-2/h11-12,15H,6-10H2,1-5H3. The lowest BCUT2D eigenvalue weighted by Crippen LogP contribution is -2.35. The average molecular weight is 284 g/mol. The Kier molecular flexibility index (Phi) is 7.54. The Hall–Kier alpha value is -1.14. The highest BCUT2D eigenvalue weighted by atomic mass is 16.5. The van der Waals surface area contributed by atoms with Crippen LogP contribution in [0, 0.1) is 0 Å². The fraction of sp³-hybridized carbons (Fsp3) is 0.857. The maximum Gasteiger partial charge on any atom is 0.318 e. The van der Waals surface area contributed by atoms with Gasteiger partial charge in [-0.2, -0.15) is 0 Å². The van der Waals surface area contributed by atoms with E-state index in [2.05, 4.69) is 41.2 Å². The van der Waals surface area contributed by atoms with Crippen LogP contribution in [0.2, 0.25) is 0 Å². The zero-order valence-corrected chi connectivity index (χ0v) is 13.3. The predicted octanol–water partition coefficient (Wildman–Crippen LogP) is 2.38. The van der Waals surface area contributed by atoms with Crippen LogP contribution in [-0.2, 0) is 4.74 Å². The van der Waals surface area contributed by atoms with Crippen molar-refractivity contribution in [2.45, 2.75) is 52.6 Å². The number of methoxy groups -OCH3 is 1. The molecule has 0 radical (unpaired) electrons. The third-order valence-electron chi connectivity index (χ3n) is 3.41. The molecule has 1 heterocycles. The Labute approximate surface area is 121 Å². The third-order valence-corrected chi connectivity index (χ3v) is 3.41. The summed E-state index contributed by atoms with van der Waals surface area (Å²) in [5.41, 5.74) is 0. The molecule has 2 unspecified atom stereocenters. The van der Waals surface area contributed by atoms with Crippen LogP contribution in [0.25, 0.3) is 0 Å². The number of aromatic nitrogens is 2. The van der Waals surface area contributed by atoms with E-state index in [1.54, 1.807) is 7.11 Å². The Bertz CT molecular complexity index is 370. The van der Waals surface area contributed by atoms with Crippen LogP contribution in [0.15, 0.2) is 4.42 Å². The van der Waals surface area contributed by atoms with Crippen LogP contribution in [0.4, 0.5) is 6.01 Å². The first-order valence-electron chi connectivity index (χ1n) is 7.46. The second kappa shape index (κ2) is 8.92. The van der Waals surface area contributed by atoms with Gasteiger partial charge in [-0.25, -0.2) is 0 Å². The summed E-state index contributed by atoms with van der Waals surface area (Å²) in [7, 11) is 1.70. The van der Waals surface area contributed by atoms with Gasteiger partial charge in [0.15, 0.2) is 0 Å². The van der Waals surface area contributed by atoms with E-state index in [0.717, 1.165) is 25.9 Å². The molecule has 1 rings (SSSR count). The molecule has 1 aromatic heterocycles. The molecule has 1 N–H and O–H groups in total. The van der Waals surface area contributed by atoms with Crippen molar-refractivity contribution in [1.29, 1.82) is 0 Å². The van der Waals surface area contributed by atoms with Crippen LogP contribution in [-0.4, -0.2) is 43.0 Å². The maximum atomic E-state index is 5.81. The lowest BCUT2D eigenvalue weighted by Gasteiger charge is -2.26. The van der Waals surface area contributed by atoms with Crippen LogP contribution < -0.4 is 10.2 Å². The Balaban J connectivity index is 2.74. The van der Waals surface area contributed by atoms with E-state index in [1.807, 2.05) is 6.92 Å². The fourth-order valence-electron chi connectivity index (χ4n) is 1.88. The Morgan fingerprint density at radius 1 is 1.30 bits per heavy atom. The van der Waals surface area contributed by atoms with Crippen LogP contribution >= 0.6 is 0 Å². The summed E-state index contributed by atoms with van der Waals surface area (Å²) in [6.45, 7) is 10.8. The second-order valence-corrected chi connectivity index (χ2v) is 5.04. The molecule has 0 spiro atoms. The van der Waals surface area contributed by atoms with Gasteiger partial charge in [-0.05, 0) is 33.2 Å². The van der Waals surface area contributed by atoms with Crippen molar-refractivity contribution in [2.75, 3.05) is 31.7 Å². The molecule has 6 heteroatoms. The van der Waals surface area contributed by atoms with Crippen LogP contribution in [0.1, 0.15) is 52.5 Å². The molecular weight excluding hydrogens is 256 g/mol. The molecule has 0 aliphatic heterocycles. The van der Waals surface area contributed by atoms with Crippen LogP contribution in [0.3, 0.4) is 0 Å².